The summed E-state index contributed by atoms with van der Waals surface area (Å²) in [5.74, 6) is -0.339. The molecule has 0 amide bonds. The highest BCUT2D eigenvalue weighted by atomic mass is 79.9. The van der Waals surface area contributed by atoms with Gasteiger partial charge < -0.3 is 4.98 Å². The van der Waals surface area contributed by atoms with E-state index in [2.05, 4.69) is 25.9 Å². The number of rotatable bonds is 1. The average Bonchev–Trinajstić information content (AvgIpc) is 2.79. The maximum Gasteiger partial charge on any atom is 0.416 e. The molecule has 1 aromatic heterocycles. The summed E-state index contributed by atoms with van der Waals surface area (Å²) in [6.07, 6.45) is -4.43. The van der Waals surface area contributed by atoms with E-state index in [9.17, 15) is 17.6 Å². The molecule has 2 nitrogen and oxygen atoms in total. The van der Waals surface area contributed by atoms with Crippen LogP contribution in [0, 0.1) is 5.82 Å². The number of alkyl halides is 3. The number of aromatic nitrogens is 2. The summed E-state index contributed by atoms with van der Waals surface area (Å²) < 4.78 is 52.3. The van der Waals surface area contributed by atoms with Crippen molar-refractivity contribution >= 4 is 27.0 Å². The Balaban J connectivity index is 2.18. The van der Waals surface area contributed by atoms with Crippen molar-refractivity contribution in [1.82, 2.24) is 9.97 Å². The van der Waals surface area contributed by atoms with E-state index in [-0.39, 0.29) is 16.9 Å². The van der Waals surface area contributed by atoms with Crippen LogP contribution in [0.5, 0.6) is 0 Å². The first kappa shape index (κ1) is 14.1. The quantitative estimate of drug-likeness (QED) is 0.598. The van der Waals surface area contributed by atoms with Crippen LogP contribution in [-0.2, 0) is 6.18 Å². The van der Waals surface area contributed by atoms with Gasteiger partial charge in [-0.15, -0.1) is 0 Å². The highest BCUT2D eigenvalue weighted by molar-refractivity contribution is 9.10. The molecule has 0 bridgehead atoms. The van der Waals surface area contributed by atoms with Gasteiger partial charge in [0.1, 0.15) is 11.6 Å². The summed E-state index contributed by atoms with van der Waals surface area (Å²) in [6, 6.07) is 7.57. The number of nitrogens with one attached hydrogen (secondary N) is 1. The molecule has 0 atom stereocenters. The third-order valence-electron chi connectivity index (χ3n) is 3.01. The number of H-pyrrole nitrogens is 1. The number of imidazole rings is 1. The molecule has 0 aliphatic heterocycles. The molecule has 0 radical (unpaired) electrons. The third-order valence-corrected chi connectivity index (χ3v) is 3.67. The SMILES string of the molecule is Fc1cccc(Br)c1-c1nc2ccc(C(F)(F)F)cc2[nH]1. The van der Waals surface area contributed by atoms with Crippen molar-refractivity contribution in [3.05, 3.63) is 52.3 Å². The molecule has 0 fully saturated rings. The maximum atomic E-state index is 13.9. The van der Waals surface area contributed by atoms with Crippen molar-refractivity contribution in [3.63, 3.8) is 0 Å². The lowest BCUT2D eigenvalue weighted by Crippen LogP contribution is -2.04. The van der Waals surface area contributed by atoms with Gasteiger partial charge in [-0.3, -0.25) is 0 Å². The van der Waals surface area contributed by atoms with Crippen molar-refractivity contribution in [2.45, 2.75) is 6.18 Å². The summed E-state index contributed by atoms with van der Waals surface area (Å²) in [7, 11) is 0. The zero-order valence-electron chi connectivity index (χ0n) is 10.3. The Morgan fingerprint density at radius 1 is 1.10 bits per heavy atom. The second-order valence-corrected chi connectivity index (χ2v) is 5.27. The van der Waals surface area contributed by atoms with Crippen LogP contribution < -0.4 is 0 Å². The Labute approximate surface area is 124 Å². The standard InChI is InChI=1S/C14H7BrF4N2/c15-8-2-1-3-9(16)12(8)13-20-10-5-4-7(14(17,18)19)6-11(10)21-13/h1-6H,(H,20,21). The smallest absolute Gasteiger partial charge is 0.338 e. The van der Waals surface area contributed by atoms with E-state index >= 15 is 0 Å². The van der Waals surface area contributed by atoms with Crippen LogP contribution in [0.3, 0.4) is 0 Å². The fraction of sp³-hybridized carbons (Fsp3) is 0.0714. The van der Waals surface area contributed by atoms with Gasteiger partial charge in [-0.25, -0.2) is 9.37 Å². The number of hydrogen-bond donors (Lipinski definition) is 1. The lowest BCUT2D eigenvalue weighted by Gasteiger charge is -2.05. The van der Waals surface area contributed by atoms with Gasteiger partial charge >= 0.3 is 6.18 Å². The molecule has 0 spiro atoms. The van der Waals surface area contributed by atoms with E-state index in [0.29, 0.717) is 9.99 Å². The maximum absolute atomic E-state index is 13.9. The molecule has 3 aromatic rings. The van der Waals surface area contributed by atoms with Gasteiger partial charge in [0.2, 0.25) is 0 Å². The zero-order valence-corrected chi connectivity index (χ0v) is 11.9. The van der Waals surface area contributed by atoms with Crippen LogP contribution in [0.1, 0.15) is 5.56 Å². The van der Waals surface area contributed by atoms with Crippen LogP contribution in [0.2, 0.25) is 0 Å². The van der Waals surface area contributed by atoms with Gasteiger partial charge in [0.15, 0.2) is 0 Å². The van der Waals surface area contributed by atoms with E-state index in [4.69, 9.17) is 0 Å². The Morgan fingerprint density at radius 2 is 1.86 bits per heavy atom. The summed E-state index contributed by atoms with van der Waals surface area (Å²) in [5, 5.41) is 0. The Morgan fingerprint density at radius 3 is 2.52 bits per heavy atom. The number of aromatic amines is 1. The van der Waals surface area contributed by atoms with Crippen LogP contribution in [0.15, 0.2) is 40.9 Å². The van der Waals surface area contributed by atoms with Crippen molar-refractivity contribution in [1.29, 1.82) is 0 Å². The van der Waals surface area contributed by atoms with Gasteiger partial charge in [0, 0.05) is 4.47 Å². The molecule has 0 saturated carbocycles. The lowest BCUT2D eigenvalue weighted by molar-refractivity contribution is -0.137. The molecule has 0 aliphatic carbocycles. The highest BCUT2D eigenvalue weighted by Crippen LogP contribution is 2.33. The molecule has 1 N–H and O–H groups in total. The minimum Gasteiger partial charge on any atom is -0.338 e. The molecule has 1 heterocycles. The number of benzene rings is 2. The minimum atomic E-state index is -4.43. The van der Waals surface area contributed by atoms with E-state index in [1.54, 1.807) is 6.07 Å². The van der Waals surface area contributed by atoms with E-state index < -0.39 is 17.6 Å². The van der Waals surface area contributed by atoms with E-state index in [0.717, 1.165) is 12.1 Å². The van der Waals surface area contributed by atoms with Gasteiger partial charge in [-0.1, -0.05) is 6.07 Å². The first-order valence-corrected chi connectivity index (χ1v) is 6.67. The zero-order chi connectivity index (χ0) is 15.2. The van der Waals surface area contributed by atoms with Crippen molar-refractivity contribution in [2.75, 3.05) is 0 Å². The number of fused-ring (bicyclic) bond motifs is 1. The second kappa shape index (κ2) is 4.84. The number of hydrogen-bond acceptors (Lipinski definition) is 1. The Hall–Kier alpha value is -1.89. The predicted octanol–water partition coefficient (Wildman–Crippen LogP) is 5.15. The van der Waals surface area contributed by atoms with E-state index in [1.165, 1.54) is 18.2 Å². The van der Waals surface area contributed by atoms with Gasteiger partial charge in [-0.2, -0.15) is 13.2 Å². The fourth-order valence-electron chi connectivity index (χ4n) is 2.03. The summed E-state index contributed by atoms with van der Waals surface area (Å²) in [4.78, 5) is 6.86. The predicted molar refractivity (Wildman–Crippen MR) is 74.2 cm³/mol. The Kier molecular flexibility index (Phi) is 3.24. The summed E-state index contributed by atoms with van der Waals surface area (Å²) in [6.45, 7) is 0. The summed E-state index contributed by atoms with van der Waals surface area (Å²) >= 11 is 3.21. The van der Waals surface area contributed by atoms with Crippen molar-refractivity contribution < 1.29 is 17.6 Å². The average molecular weight is 359 g/mol. The van der Waals surface area contributed by atoms with Crippen molar-refractivity contribution in [3.8, 4) is 11.4 Å². The first-order chi connectivity index (χ1) is 9.86. The van der Waals surface area contributed by atoms with Crippen LogP contribution in [0.4, 0.5) is 17.6 Å². The molecule has 7 heteroatoms. The van der Waals surface area contributed by atoms with Gasteiger partial charge in [0.25, 0.3) is 0 Å². The number of nitrogens with zero attached hydrogens (tertiary/aromatic N) is 1. The monoisotopic (exact) mass is 358 g/mol. The van der Waals surface area contributed by atoms with Gasteiger partial charge in [-0.05, 0) is 46.3 Å². The molecular weight excluding hydrogens is 352 g/mol. The molecule has 0 aliphatic rings. The second-order valence-electron chi connectivity index (χ2n) is 4.41. The molecule has 0 saturated heterocycles. The van der Waals surface area contributed by atoms with Crippen LogP contribution in [0.25, 0.3) is 22.4 Å². The van der Waals surface area contributed by atoms with E-state index in [1.807, 2.05) is 0 Å². The summed E-state index contributed by atoms with van der Waals surface area (Å²) in [5.41, 5.74) is -0.0526. The Bertz CT molecular complexity index is 803. The fourth-order valence-corrected chi connectivity index (χ4v) is 2.56. The molecular formula is C14H7BrF4N2. The molecule has 0 unspecified atom stereocenters. The molecule has 21 heavy (non-hydrogen) atoms. The topological polar surface area (TPSA) is 28.7 Å². The molecule has 3 rings (SSSR count). The first-order valence-electron chi connectivity index (χ1n) is 5.87. The minimum absolute atomic E-state index is 0.175. The van der Waals surface area contributed by atoms with Crippen LogP contribution >= 0.6 is 15.9 Å². The van der Waals surface area contributed by atoms with Crippen molar-refractivity contribution in [2.24, 2.45) is 0 Å². The molecule has 108 valence electrons. The molecule has 2 aromatic carbocycles. The highest BCUT2D eigenvalue weighted by Gasteiger charge is 2.30. The third kappa shape index (κ3) is 2.53. The van der Waals surface area contributed by atoms with Crippen LogP contribution in [-0.4, -0.2) is 9.97 Å². The normalized spacial score (nSPS) is 12.0. The largest absolute Gasteiger partial charge is 0.416 e. The number of halogens is 5. The lowest BCUT2D eigenvalue weighted by atomic mass is 10.2. The van der Waals surface area contributed by atoms with Gasteiger partial charge in [0.05, 0.1) is 22.2 Å².